The van der Waals surface area contributed by atoms with Gasteiger partial charge in [-0.05, 0) is 36.4 Å². The predicted molar refractivity (Wildman–Crippen MR) is 80.9 cm³/mol. The molecule has 0 saturated heterocycles. The average Bonchev–Trinajstić information content (AvgIpc) is 2.38. The van der Waals surface area contributed by atoms with Gasteiger partial charge in [-0.25, -0.2) is 0 Å². The quantitative estimate of drug-likeness (QED) is 0.765. The van der Waals surface area contributed by atoms with E-state index >= 15 is 0 Å². The maximum absolute atomic E-state index is 12.2. The van der Waals surface area contributed by atoms with Crippen molar-refractivity contribution in [3.8, 4) is 0 Å². The summed E-state index contributed by atoms with van der Waals surface area (Å²) in [6, 6.07) is 11.0. The summed E-state index contributed by atoms with van der Waals surface area (Å²) in [5.41, 5.74) is -0.451. The molecule has 19 heavy (non-hydrogen) atoms. The predicted octanol–water partition coefficient (Wildman–Crippen LogP) is 4.67. The van der Waals surface area contributed by atoms with Crippen LogP contribution in [-0.4, -0.2) is 5.52 Å². The Bertz CT molecular complexity index is 633. The molecule has 0 saturated carbocycles. The van der Waals surface area contributed by atoms with Crippen LogP contribution >= 0.6 is 42.6 Å². The van der Waals surface area contributed by atoms with Gasteiger partial charge < -0.3 is 4.57 Å². The van der Waals surface area contributed by atoms with Crippen molar-refractivity contribution >= 4 is 53.4 Å². The molecule has 2 nitrogen and oxygen atoms in total. The lowest BCUT2D eigenvalue weighted by atomic mass is 10.2. The van der Waals surface area contributed by atoms with Gasteiger partial charge in [-0.1, -0.05) is 40.9 Å². The van der Waals surface area contributed by atoms with Gasteiger partial charge in [-0.2, -0.15) is 0 Å². The van der Waals surface area contributed by atoms with Crippen LogP contribution in [0.2, 0.25) is 15.1 Å². The minimum atomic E-state index is -2.67. The number of halogens is 3. The molecule has 0 aliphatic rings. The zero-order valence-corrected chi connectivity index (χ0v) is 12.8. The van der Waals surface area contributed by atoms with E-state index < -0.39 is 13.3 Å². The Morgan fingerprint density at radius 3 is 1.95 bits per heavy atom. The molecule has 0 spiro atoms. The van der Waals surface area contributed by atoms with Crippen molar-refractivity contribution in [1.29, 1.82) is 0 Å². The summed E-state index contributed by atoms with van der Waals surface area (Å²) in [6.07, 6.45) is 0. The van der Waals surface area contributed by atoms with Gasteiger partial charge in [-0.15, -0.1) is 0 Å². The largest absolute Gasteiger partial charge is 0.313 e. The van der Waals surface area contributed by atoms with Crippen molar-refractivity contribution in [3.05, 3.63) is 63.1 Å². The highest BCUT2D eigenvalue weighted by atomic mass is 35.5. The molecule has 0 fully saturated rings. The third-order valence-electron chi connectivity index (χ3n) is 2.50. The van der Waals surface area contributed by atoms with Crippen LogP contribution in [-0.2, 0) is 4.57 Å². The minimum absolute atomic E-state index is 0.102. The van der Waals surface area contributed by atoms with Gasteiger partial charge in [0.25, 0.3) is 0 Å². The molecule has 0 aromatic heterocycles. The standard InChI is InChI=1S/C13H8Cl3O2P/c14-8-4-6-9(7-5-8)19(18)13(17)12-10(15)2-1-3-11(12)16/h1-7,19H. The summed E-state index contributed by atoms with van der Waals surface area (Å²) in [4.78, 5) is 12.2. The highest BCUT2D eigenvalue weighted by Gasteiger charge is 2.21. The molecular formula is C13H8Cl3O2P. The molecule has 1 unspecified atom stereocenters. The second-order valence-electron chi connectivity index (χ2n) is 3.76. The summed E-state index contributed by atoms with van der Waals surface area (Å²) >= 11 is 17.6. The zero-order valence-electron chi connectivity index (χ0n) is 9.49. The number of rotatable bonds is 3. The smallest absolute Gasteiger partial charge is 0.225 e. The molecule has 0 aliphatic carbocycles. The van der Waals surface area contributed by atoms with Crippen LogP contribution in [0.25, 0.3) is 0 Å². The highest BCUT2D eigenvalue weighted by molar-refractivity contribution is 7.71. The Kier molecular flexibility index (Phi) is 4.70. The van der Waals surface area contributed by atoms with Crippen LogP contribution in [0, 0.1) is 0 Å². The van der Waals surface area contributed by atoms with Crippen molar-refractivity contribution < 1.29 is 9.36 Å². The van der Waals surface area contributed by atoms with E-state index in [0.717, 1.165) is 0 Å². The number of benzene rings is 2. The Morgan fingerprint density at radius 2 is 1.42 bits per heavy atom. The van der Waals surface area contributed by atoms with E-state index in [1.54, 1.807) is 30.3 Å². The van der Waals surface area contributed by atoms with E-state index in [1.807, 2.05) is 0 Å². The number of carbonyl (C=O) groups is 1. The molecule has 0 N–H and O–H groups in total. The maximum atomic E-state index is 12.2. The first-order chi connectivity index (χ1) is 9.00. The number of hydrogen-bond donors (Lipinski definition) is 0. The second-order valence-corrected chi connectivity index (χ2v) is 6.70. The summed E-state index contributed by atoms with van der Waals surface area (Å²) in [7, 11) is -2.67. The lowest BCUT2D eigenvalue weighted by Gasteiger charge is -2.06. The fourth-order valence-electron chi connectivity index (χ4n) is 1.56. The van der Waals surface area contributed by atoms with Crippen molar-refractivity contribution in [3.63, 3.8) is 0 Å². The molecule has 0 aliphatic heterocycles. The van der Waals surface area contributed by atoms with Gasteiger partial charge in [-0.3, -0.25) is 4.79 Å². The normalized spacial score (nSPS) is 12.2. The molecule has 1 atom stereocenters. The minimum Gasteiger partial charge on any atom is -0.313 e. The summed E-state index contributed by atoms with van der Waals surface area (Å²) in [5.74, 6) is 0. The maximum Gasteiger partial charge on any atom is 0.225 e. The monoisotopic (exact) mass is 332 g/mol. The molecule has 2 aromatic rings. The molecule has 0 heterocycles. The van der Waals surface area contributed by atoms with Crippen molar-refractivity contribution in [1.82, 2.24) is 0 Å². The lowest BCUT2D eigenvalue weighted by molar-refractivity contribution is 0.108. The van der Waals surface area contributed by atoms with E-state index in [9.17, 15) is 9.36 Å². The van der Waals surface area contributed by atoms with E-state index in [4.69, 9.17) is 34.8 Å². The topological polar surface area (TPSA) is 34.1 Å². The van der Waals surface area contributed by atoms with Crippen LogP contribution < -0.4 is 5.30 Å². The molecule has 0 radical (unpaired) electrons. The van der Waals surface area contributed by atoms with Gasteiger partial charge in [0.15, 0.2) is 7.80 Å². The van der Waals surface area contributed by atoms with Crippen molar-refractivity contribution in [2.24, 2.45) is 0 Å². The Morgan fingerprint density at radius 1 is 0.895 bits per heavy atom. The van der Waals surface area contributed by atoms with Crippen LogP contribution in [0.1, 0.15) is 10.4 Å². The first-order valence-electron chi connectivity index (χ1n) is 5.29. The van der Waals surface area contributed by atoms with E-state index in [2.05, 4.69) is 0 Å². The van der Waals surface area contributed by atoms with Crippen molar-refractivity contribution in [2.75, 3.05) is 0 Å². The third kappa shape index (κ3) is 3.21. The van der Waals surface area contributed by atoms with Crippen LogP contribution in [0.5, 0.6) is 0 Å². The first-order valence-corrected chi connectivity index (χ1v) is 7.83. The summed E-state index contributed by atoms with van der Waals surface area (Å²) in [5, 5.41) is 1.34. The van der Waals surface area contributed by atoms with E-state index in [-0.39, 0.29) is 15.6 Å². The van der Waals surface area contributed by atoms with E-state index in [1.165, 1.54) is 12.1 Å². The molecule has 0 amide bonds. The molecule has 6 heteroatoms. The van der Waals surface area contributed by atoms with Crippen molar-refractivity contribution in [2.45, 2.75) is 0 Å². The molecule has 98 valence electrons. The highest BCUT2D eigenvalue weighted by Crippen LogP contribution is 2.34. The third-order valence-corrected chi connectivity index (χ3v) is 4.90. The van der Waals surface area contributed by atoms with Gasteiger partial charge >= 0.3 is 0 Å². The summed E-state index contributed by atoms with van der Waals surface area (Å²) < 4.78 is 12.2. The van der Waals surface area contributed by atoms with Crippen LogP contribution in [0.4, 0.5) is 0 Å². The van der Waals surface area contributed by atoms with Gasteiger partial charge in [0, 0.05) is 10.3 Å². The Balaban J connectivity index is 2.39. The van der Waals surface area contributed by atoms with Crippen LogP contribution in [0.15, 0.2) is 42.5 Å². The fraction of sp³-hybridized carbons (Fsp3) is 0. The molecule has 0 bridgehead atoms. The molecule has 2 rings (SSSR count). The average molecular weight is 334 g/mol. The molecule has 2 aromatic carbocycles. The van der Waals surface area contributed by atoms with Gasteiger partial charge in [0.2, 0.25) is 5.52 Å². The SMILES string of the molecule is O=C(c1c(Cl)cccc1Cl)[PH](=O)c1ccc(Cl)cc1. The first kappa shape index (κ1) is 14.6. The summed E-state index contributed by atoms with van der Waals surface area (Å²) in [6.45, 7) is 0. The second kappa shape index (κ2) is 6.11. The zero-order chi connectivity index (χ0) is 14.0. The lowest BCUT2D eigenvalue weighted by Crippen LogP contribution is -2.04. The number of hydrogen-bond acceptors (Lipinski definition) is 2. The van der Waals surface area contributed by atoms with Gasteiger partial charge in [0.1, 0.15) is 0 Å². The fourth-order valence-corrected chi connectivity index (χ4v) is 3.64. The van der Waals surface area contributed by atoms with Gasteiger partial charge in [0.05, 0.1) is 15.6 Å². The number of carbonyl (C=O) groups excluding carboxylic acids is 1. The van der Waals surface area contributed by atoms with Crippen LogP contribution in [0.3, 0.4) is 0 Å². The Labute approximate surface area is 126 Å². The Hall–Kier alpha value is -0.790. The molecular weight excluding hydrogens is 325 g/mol. The van der Waals surface area contributed by atoms with E-state index in [0.29, 0.717) is 10.3 Å².